The largest absolute Gasteiger partial charge is 0.497 e. The smallest absolute Gasteiger partial charge is 0.145 e. The Morgan fingerprint density at radius 1 is 1.09 bits per heavy atom. The predicted molar refractivity (Wildman–Crippen MR) is 145 cm³/mol. The molecule has 0 unspecified atom stereocenters. The van der Waals surface area contributed by atoms with Gasteiger partial charge in [0.15, 0.2) is 0 Å². The molecule has 0 aliphatic carbocycles. The van der Waals surface area contributed by atoms with Crippen molar-refractivity contribution in [3.05, 3.63) is 70.1 Å². The van der Waals surface area contributed by atoms with Crippen molar-refractivity contribution in [3.8, 4) is 11.5 Å². The van der Waals surface area contributed by atoms with Crippen LogP contribution < -0.4 is 14.5 Å². The van der Waals surface area contributed by atoms with Crippen LogP contribution in [0.25, 0.3) is 16.5 Å². The predicted octanol–water partition coefficient (Wildman–Crippen LogP) is 7.85. The maximum atomic E-state index is 6.73. The first-order valence-corrected chi connectivity index (χ1v) is 12.3. The SMILES string of the molecule is CCCN(c1c(OCC)ccc2ccccc12)N1CSC(C)=C1c1ccc(OC)cc1Cl.Cl. The van der Waals surface area contributed by atoms with Gasteiger partial charge >= 0.3 is 0 Å². The van der Waals surface area contributed by atoms with Gasteiger partial charge in [-0.1, -0.05) is 48.9 Å². The van der Waals surface area contributed by atoms with Crippen LogP contribution >= 0.6 is 35.8 Å². The van der Waals surface area contributed by atoms with Gasteiger partial charge in [-0.05, 0) is 49.9 Å². The maximum Gasteiger partial charge on any atom is 0.145 e. The first-order valence-electron chi connectivity index (χ1n) is 11.0. The first kappa shape index (κ1) is 25.4. The van der Waals surface area contributed by atoms with E-state index in [0.717, 1.165) is 47.3 Å². The highest BCUT2D eigenvalue weighted by atomic mass is 35.5. The van der Waals surface area contributed by atoms with Gasteiger partial charge in [0.1, 0.15) is 17.2 Å². The van der Waals surface area contributed by atoms with Crippen LogP contribution in [-0.2, 0) is 0 Å². The Hall–Kier alpha value is -2.21. The van der Waals surface area contributed by atoms with Gasteiger partial charge in [0.05, 0.1) is 30.3 Å². The quantitative estimate of drug-likeness (QED) is 0.311. The zero-order chi connectivity index (χ0) is 22.7. The fraction of sp³-hybridized carbons (Fsp3) is 0.308. The summed E-state index contributed by atoms with van der Waals surface area (Å²) >= 11 is 8.56. The molecule has 0 atom stereocenters. The van der Waals surface area contributed by atoms with E-state index in [1.807, 2.05) is 30.8 Å². The average Bonchev–Trinajstić information content (AvgIpc) is 3.18. The molecular formula is C26H30Cl2N2O2S. The molecule has 4 rings (SSSR count). The molecule has 4 nitrogen and oxygen atoms in total. The van der Waals surface area contributed by atoms with Crippen LogP contribution in [0.3, 0.4) is 0 Å². The van der Waals surface area contributed by atoms with Gasteiger partial charge in [-0.15, -0.1) is 24.2 Å². The highest BCUT2D eigenvalue weighted by Crippen LogP contribution is 2.46. The molecule has 1 aliphatic rings. The summed E-state index contributed by atoms with van der Waals surface area (Å²) in [6, 6.07) is 18.6. The van der Waals surface area contributed by atoms with Crippen LogP contribution in [0.2, 0.25) is 5.02 Å². The second-order valence-corrected chi connectivity index (χ2v) is 9.18. The number of allylic oxidation sites excluding steroid dienone is 1. The van der Waals surface area contributed by atoms with Crippen molar-refractivity contribution >= 4 is 57.9 Å². The van der Waals surface area contributed by atoms with Gasteiger partial charge in [-0.3, -0.25) is 10.0 Å². The van der Waals surface area contributed by atoms with Gasteiger partial charge in [0.2, 0.25) is 0 Å². The van der Waals surface area contributed by atoms with Gasteiger partial charge in [-0.2, -0.15) is 0 Å². The third kappa shape index (κ3) is 5.01. The normalized spacial score (nSPS) is 13.3. The summed E-state index contributed by atoms with van der Waals surface area (Å²) in [5.41, 5.74) is 3.24. The summed E-state index contributed by atoms with van der Waals surface area (Å²) in [4.78, 5) is 1.25. The van der Waals surface area contributed by atoms with E-state index in [2.05, 4.69) is 66.3 Å². The molecular weight excluding hydrogens is 475 g/mol. The van der Waals surface area contributed by atoms with E-state index in [-0.39, 0.29) is 12.4 Å². The Balaban J connectivity index is 0.00000306. The molecule has 0 spiro atoms. The number of ether oxygens (including phenoxy) is 2. The molecule has 0 aromatic heterocycles. The summed E-state index contributed by atoms with van der Waals surface area (Å²) in [7, 11) is 1.66. The van der Waals surface area contributed by atoms with Crippen LogP contribution in [-0.4, -0.2) is 31.1 Å². The lowest BCUT2D eigenvalue weighted by atomic mass is 10.1. The molecule has 7 heteroatoms. The van der Waals surface area contributed by atoms with E-state index in [1.165, 1.54) is 15.7 Å². The summed E-state index contributed by atoms with van der Waals surface area (Å²) in [6.07, 6.45) is 0.999. The van der Waals surface area contributed by atoms with Gasteiger partial charge in [-0.25, -0.2) is 0 Å². The number of hydrogen-bond acceptors (Lipinski definition) is 5. The molecule has 1 aliphatic heterocycles. The Labute approximate surface area is 211 Å². The van der Waals surface area contributed by atoms with Crippen molar-refractivity contribution in [3.63, 3.8) is 0 Å². The van der Waals surface area contributed by atoms with E-state index in [1.54, 1.807) is 7.11 Å². The number of benzene rings is 3. The third-order valence-corrected chi connectivity index (χ3v) is 6.89. The van der Waals surface area contributed by atoms with E-state index >= 15 is 0 Å². The van der Waals surface area contributed by atoms with Crippen molar-refractivity contribution in [2.45, 2.75) is 27.2 Å². The summed E-state index contributed by atoms with van der Waals surface area (Å²) < 4.78 is 11.5. The Kier molecular flexibility index (Phi) is 8.69. The van der Waals surface area contributed by atoms with Gasteiger partial charge < -0.3 is 9.47 Å². The zero-order valence-electron chi connectivity index (χ0n) is 19.4. The van der Waals surface area contributed by atoms with E-state index in [9.17, 15) is 0 Å². The van der Waals surface area contributed by atoms with Crippen molar-refractivity contribution in [1.29, 1.82) is 0 Å². The Morgan fingerprint density at radius 3 is 2.58 bits per heavy atom. The van der Waals surface area contributed by atoms with Crippen molar-refractivity contribution < 1.29 is 9.47 Å². The fourth-order valence-electron chi connectivity index (χ4n) is 4.14. The standard InChI is InChI=1S/C26H29ClN2O2S.ClH/c1-5-15-28(26-21-10-8-7-9-19(21)11-14-24(26)31-6-2)29-17-32-18(3)25(29)22-13-12-20(30-4)16-23(22)27;/h7-14,16H,5-6,15,17H2,1-4H3;1H. The minimum absolute atomic E-state index is 0. The van der Waals surface area contributed by atoms with Crippen molar-refractivity contribution in [2.75, 3.05) is 31.1 Å². The molecule has 3 aromatic rings. The lowest BCUT2D eigenvalue weighted by Crippen LogP contribution is -2.41. The van der Waals surface area contributed by atoms with Crippen LogP contribution in [0.1, 0.15) is 32.8 Å². The third-order valence-electron chi connectivity index (χ3n) is 5.57. The van der Waals surface area contributed by atoms with E-state index in [0.29, 0.717) is 11.6 Å². The molecule has 3 aromatic carbocycles. The van der Waals surface area contributed by atoms with E-state index in [4.69, 9.17) is 21.1 Å². The summed E-state index contributed by atoms with van der Waals surface area (Å²) in [5.74, 6) is 2.47. The first-order chi connectivity index (χ1) is 15.6. The van der Waals surface area contributed by atoms with Crippen LogP contribution in [0.15, 0.2) is 59.5 Å². The van der Waals surface area contributed by atoms with Gasteiger partial charge in [0, 0.05) is 22.4 Å². The average molecular weight is 506 g/mol. The number of fused-ring (bicyclic) bond motifs is 1. The molecule has 0 amide bonds. The lowest BCUT2D eigenvalue weighted by molar-refractivity contribution is 0.334. The number of thioether (sulfide) groups is 1. The molecule has 0 radical (unpaired) electrons. The molecule has 0 saturated carbocycles. The highest BCUT2D eigenvalue weighted by Gasteiger charge is 2.31. The molecule has 0 N–H and O–H groups in total. The topological polar surface area (TPSA) is 24.9 Å². The molecule has 0 bridgehead atoms. The number of rotatable bonds is 8. The van der Waals surface area contributed by atoms with Crippen LogP contribution in [0.4, 0.5) is 5.69 Å². The highest BCUT2D eigenvalue weighted by molar-refractivity contribution is 8.03. The molecule has 176 valence electrons. The summed E-state index contributed by atoms with van der Waals surface area (Å²) in [6.45, 7) is 7.88. The van der Waals surface area contributed by atoms with Crippen LogP contribution in [0.5, 0.6) is 11.5 Å². The van der Waals surface area contributed by atoms with E-state index < -0.39 is 0 Å². The number of hydrogen-bond donors (Lipinski definition) is 0. The number of methoxy groups -OCH3 is 1. The van der Waals surface area contributed by atoms with Gasteiger partial charge in [0.25, 0.3) is 0 Å². The summed E-state index contributed by atoms with van der Waals surface area (Å²) in [5, 5.41) is 7.78. The minimum atomic E-state index is 0. The van der Waals surface area contributed by atoms with Crippen molar-refractivity contribution in [2.24, 2.45) is 0 Å². The van der Waals surface area contributed by atoms with Crippen LogP contribution in [0, 0.1) is 0 Å². The number of nitrogens with zero attached hydrogens (tertiary/aromatic N) is 2. The molecule has 33 heavy (non-hydrogen) atoms. The number of halogens is 2. The molecule has 0 saturated heterocycles. The molecule has 0 fully saturated rings. The minimum Gasteiger partial charge on any atom is -0.497 e. The maximum absolute atomic E-state index is 6.73. The Bertz CT molecular complexity index is 1150. The lowest BCUT2D eigenvalue weighted by Gasteiger charge is -2.38. The second-order valence-electron chi connectivity index (χ2n) is 7.61. The monoisotopic (exact) mass is 504 g/mol. The molecule has 1 heterocycles. The van der Waals surface area contributed by atoms with Crippen molar-refractivity contribution in [1.82, 2.24) is 5.01 Å². The zero-order valence-corrected chi connectivity index (χ0v) is 21.8. The number of hydrazine groups is 1. The number of anilines is 1. The Morgan fingerprint density at radius 2 is 1.88 bits per heavy atom. The second kappa shape index (κ2) is 11.3. The fourth-order valence-corrected chi connectivity index (χ4v) is 5.34.